The first-order chi connectivity index (χ1) is 15.7. The van der Waals surface area contributed by atoms with Crippen LogP contribution in [-0.4, -0.2) is 30.5 Å². The number of nitrogens with one attached hydrogen (secondary N) is 1. The van der Waals surface area contributed by atoms with Crippen LogP contribution in [0.3, 0.4) is 0 Å². The van der Waals surface area contributed by atoms with Crippen molar-refractivity contribution in [1.82, 2.24) is 5.32 Å². The largest absolute Gasteiger partial charge is 0.449 e. The number of fused-ring (bicyclic) bond motifs is 3. The topological polar surface area (TPSA) is 58.6 Å². The van der Waals surface area contributed by atoms with Crippen LogP contribution >= 0.6 is 0 Å². The van der Waals surface area contributed by atoms with Crippen LogP contribution in [0.15, 0.2) is 78.9 Å². The number of hydrogen-bond acceptors (Lipinski definition) is 3. The zero-order valence-electron chi connectivity index (χ0n) is 18.1. The SMILES string of the molecule is O=C(N[C@@H]1CC[C@@H](c2ccccc2)C[C@@H]1CO)OCC1c2ccccc2-c2ccccc21. The zero-order valence-corrected chi connectivity index (χ0v) is 18.1. The number of alkyl carbamates (subject to hydrolysis) is 1. The predicted molar refractivity (Wildman–Crippen MR) is 126 cm³/mol. The highest BCUT2D eigenvalue weighted by Crippen LogP contribution is 2.44. The second-order valence-electron chi connectivity index (χ2n) is 8.94. The van der Waals surface area contributed by atoms with Gasteiger partial charge in [-0.25, -0.2) is 4.79 Å². The molecule has 0 aromatic heterocycles. The second-order valence-corrected chi connectivity index (χ2v) is 8.94. The van der Waals surface area contributed by atoms with Gasteiger partial charge in [-0.3, -0.25) is 0 Å². The van der Waals surface area contributed by atoms with Crippen molar-refractivity contribution in [3.63, 3.8) is 0 Å². The summed E-state index contributed by atoms with van der Waals surface area (Å²) in [4.78, 5) is 12.7. The molecule has 0 saturated heterocycles. The summed E-state index contributed by atoms with van der Waals surface area (Å²) < 4.78 is 5.72. The van der Waals surface area contributed by atoms with Crippen LogP contribution in [0.2, 0.25) is 0 Å². The van der Waals surface area contributed by atoms with E-state index in [0.717, 1.165) is 19.3 Å². The van der Waals surface area contributed by atoms with Crippen molar-refractivity contribution >= 4 is 6.09 Å². The van der Waals surface area contributed by atoms with Crippen LogP contribution in [-0.2, 0) is 4.74 Å². The molecule has 32 heavy (non-hydrogen) atoms. The molecule has 2 aliphatic carbocycles. The summed E-state index contributed by atoms with van der Waals surface area (Å²) in [6.45, 7) is 0.376. The van der Waals surface area contributed by atoms with Gasteiger partial charge in [-0.05, 0) is 53.0 Å². The Balaban J connectivity index is 1.21. The van der Waals surface area contributed by atoms with E-state index in [1.807, 2.05) is 30.3 Å². The predicted octanol–water partition coefficient (Wildman–Crippen LogP) is 5.47. The molecule has 3 aromatic rings. The fourth-order valence-electron chi connectivity index (χ4n) is 5.48. The van der Waals surface area contributed by atoms with Gasteiger partial charge >= 0.3 is 6.09 Å². The van der Waals surface area contributed by atoms with Gasteiger partial charge in [0.1, 0.15) is 6.61 Å². The van der Waals surface area contributed by atoms with Gasteiger partial charge in [-0.2, -0.15) is 0 Å². The molecule has 0 unspecified atom stereocenters. The molecule has 5 rings (SSSR count). The van der Waals surface area contributed by atoms with Crippen LogP contribution in [0.5, 0.6) is 0 Å². The minimum Gasteiger partial charge on any atom is -0.449 e. The average molecular weight is 428 g/mol. The smallest absolute Gasteiger partial charge is 0.407 e. The molecule has 2 N–H and O–H groups in total. The fourth-order valence-corrected chi connectivity index (χ4v) is 5.48. The molecule has 1 amide bonds. The van der Waals surface area contributed by atoms with Gasteiger partial charge < -0.3 is 15.2 Å². The molecule has 4 nitrogen and oxygen atoms in total. The molecule has 2 aliphatic rings. The fraction of sp³-hybridized carbons (Fsp3) is 0.321. The molecular formula is C28H29NO3. The Kier molecular flexibility index (Phi) is 5.95. The van der Waals surface area contributed by atoms with Gasteiger partial charge in [0.15, 0.2) is 0 Å². The Hall–Kier alpha value is -3.11. The van der Waals surface area contributed by atoms with E-state index in [-0.39, 0.29) is 24.5 Å². The van der Waals surface area contributed by atoms with Crippen molar-refractivity contribution in [2.45, 2.75) is 37.1 Å². The number of carbonyl (C=O) groups excluding carboxylic acids is 1. The molecule has 164 valence electrons. The number of amides is 1. The average Bonchev–Trinajstić information content (AvgIpc) is 3.17. The maximum atomic E-state index is 12.7. The first-order valence-corrected chi connectivity index (χ1v) is 11.5. The molecule has 3 aromatic carbocycles. The first kappa shape index (κ1) is 20.8. The lowest BCUT2D eigenvalue weighted by Gasteiger charge is -2.35. The lowest BCUT2D eigenvalue weighted by atomic mass is 9.75. The molecule has 1 fully saturated rings. The third kappa shape index (κ3) is 4.03. The van der Waals surface area contributed by atoms with E-state index < -0.39 is 6.09 Å². The zero-order chi connectivity index (χ0) is 21.9. The summed E-state index contributed by atoms with van der Waals surface area (Å²) in [5, 5.41) is 13.0. The number of aliphatic hydroxyl groups is 1. The van der Waals surface area contributed by atoms with Crippen molar-refractivity contribution in [3.8, 4) is 11.1 Å². The van der Waals surface area contributed by atoms with Gasteiger partial charge in [0.25, 0.3) is 0 Å². The van der Waals surface area contributed by atoms with Gasteiger partial charge in [0, 0.05) is 24.5 Å². The molecule has 0 bridgehead atoms. The minimum atomic E-state index is -0.395. The molecular weight excluding hydrogens is 398 g/mol. The summed E-state index contributed by atoms with van der Waals surface area (Å²) in [5.74, 6) is 0.513. The molecule has 0 spiro atoms. The highest BCUT2D eigenvalue weighted by molar-refractivity contribution is 5.79. The van der Waals surface area contributed by atoms with Gasteiger partial charge in [-0.1, -0.05) is 78.9 Å². The first-order valence-electron chi connectivity index (χ1n) is 11.5. The van der Waals surface area contributed by atoms with Crippen LogP contribution in [0, 0.1) is 5.92 Å². The van der Waals surface area contributed by atoms with Crippen molar-refractivity contribution < 1.29 is 14.6 Å². The molecule has 0 heterocycles. The Labute approximate surface area is 189 Å². The summed E-state index contributed by atoms with van der Waals surface area (Å²) in [7, 11) is 0. The summed E-state index contributed by atoms with van der Waals surface area (Å²) in [6, 6.07) is 27.1. The van der Waals surface area contributed by atoms with Gasteiger partial charge in [0.05, 0.1) is 0 Å². The Morgan fingerprint density at radius 1 is 0.875 bits per heavy atom. The summed E-state index contributed by atoms with van der Waals surface area (Å²) in [5.41, 5.74) is 6.16. The molecule has 3 atom stereocenters. The second kappa shape index (κ2) is 9.17. The van der Waals surface area contributed by atoms with Crippen LogP contribution < -0.4 is 5.32 Å². The van der Waals surface area contributed by atoms with Crippen molar-refractivity contribution in [3.05, 3.63) is 95.6 Å². The highest BCUT2D eigenvalue weighted by atomic mass is 16.5. The number of carbonyl (C=O) groups is 1. The van der Waals surface area contributed by atoms with Crippen molar-refractivity contribution in [2.75, 3.05) is 13.2 Å². The molecule has 0 radical (unpaired) electrons. The van der Waals surface area contributed by atoms with Gasteiger partial charge in [-0.15, -0.1) is 0 Å². The summed E-state index contributed by atoms with van der Waals surface area (Å²) in [6.07, 6.45) is 2.31. The van der Waals surface area contributed by atoms with Crippen molar-refractivity contribution in [2.24, 2.45) is 5.92 Å². The van der Waals surface area contributed by atoms with E-state index in [4.69, 9.17) is 4.74 Å². The Morgan fingerprint density at radius 2 is 1.50 bits per heavy atom. The monoisotopic (exact) mass is 427 g/mol. The summed E-state index contributed by atoms with van der Waals surface area (Å²) >= 11 is 0. The third-order valence-corrected chi connectivity index (χ3v) is 7.13. The van der Waals surface area contributed by atoms with Crippen LogP contribution in [0.4, 0.5) is 4.79 Å². The normalized spacial score (nSPS) is 22.1. The number of rotatable bonds is 5. The molecule has 4 heteroatoms. The number of benzene rings is 3. The maximum absolute atomic E-state index is 12.7. The highest BCUT2D eigenvalue weighted by Gasteiger charge is 2.33. The Morgan fingerprint density at radius 3 is 2.16 bits per heavy atom. The quantitative estimate of drug-likeness (QED) is 0.568. The van der Waals surface area contributed by atoms with E-state index in [9.17, 15) is 9.90 Å². The lowest BCUT2D eigenvalue weighted by molar-refractivity contribution is 0.111. The lowest BCUT2D eigenvalue weighted by Crippen LogP contribution is -2.45. The Bertz CT molecular complexity index is 1040. The standard InChI is InChI=1S/C28H29NO3/c30-17-21-16-20(19-8-2-1-3-9-19)14-15-27(21)29-28(31)32-18-26-24-12-6-4-10-22(24)23-11-5-7-13-25(23)26/h1-13,20-21,26-27,30H,14-18H2,(H,29,31)/t20-,21-,27-/m1/s1. The number of hydrogen-bond donors (Lipinski definition) is 2. The molecule has 0 aliphatic heterocycles. The van der Waals surface area contributed by atoms with E-state index in [1.54, 1.807) is 0 Å². The maximum Gasteiger partial charge on any atom is 0.407 e. The molecule has 1 saturated carbocycles. The number of ether oxygens (including phenoxy) is 1. The third-order valence-electron chi connectivity index (χ3n) is 7.13. The van der Waals surface area contributed by atoms with Crippen LogP contribution in [0.1, 0.15) is 47.8 Å². The van der Waals surface area contributed by atoms with E-state index in [2.05, 4.69) is 53.8 Å². The van der Waals surface area contributed by atoms with Crippen molar-refractivity contribution in [1.29, 1.82) is 0 Å². The van der Waals surface area contributed by atoms with Gasteiger partial charge in [0.2, 0.25) is 0 Å². The van der Waals surface area contributed by atoms with Crippen LogP contribution in [0.25, 0.3) is 11.1 Å². The van der Waals surface area contributed by atoms with E-state index in [1.165, 1.54) is 27.8 Å². The minimum absolute atomic E-state index is 0.0365. The van der Waals surface area contributed by atoms with E-state index >= 15 is 0 Å². The number of aliphatic hydroxyl groups excluding tert-OH is 1. The van der Waals surface area contributed by atoms with E-state index in [0.29, 0.717) is 12.5 Å².